The van der Waals surface area contributed by atoms with Gasteiger partial charge in [-0.25, -0.2) is 0 Å². The third kappa shape index (κ3) is 4.84. The minimum Gasteiger partial charge on any atom is -0.481 e. The Balaban J connectivity index is 1.55. The monoisotopic (exact) mass is 368 g/mol. The number of anilines is 1. The Morgan fingerprint density at radius 2 is 1.67 bits per heavy atom. The van der Waals surface area contributed by atoms with Crippen LogP contribution in [0, 0.1) is 0 Å². The van der Waals surface area contributed by atoms with E-state index in [1.807, 2.05) is 30.3 Å². The minimum absolute atomic E-state index is 0.0615. The molecule has 0 bridgehead atoms. The molecule has 7 heteroatoms. The minimum atomic E-state index is -0.972. The van der Waals surface area contributed by atoms with Crippen LogP contribution in [0.4, 0.5) is 5.69 Å². The highest BCUT2D eigenvalue weighted by Crippen LogP contribution is 2.41. The van der Waals surface area contributed by atoms with Crippen molar-refractivity contribution in [3.8, 4) is 5.75 Å². The number of aliphatic carboxylic acids is 1. The van der Waals surface area contributed by atoms with Crippen LogP contribution < -0.4 is 15.4 Å². The zero-order chi connectivity index (χ0) is 19.3. The van der Waals surface area contributed by atoms with Crippen LogP contribution in [-0.4, -0.2) is 35.0 Å². The lowest BCUT2D eigenvalue weighted by Gasteiger charge is -2.17. The number of nitrogens with one attached hydrogen (secondary N) is 2. The Morgan fingerprint density at radius 3 is 2.26 bits per heavy atom. The molecule has 27 heavy (non-hydrogen) atoms. The molecule has 0 spiro atoms. The molecule has 0 unspecified atom stereocenters. The first-order valence-corrected chi connectivity index (χ1v) is 8.64. The van der Waals surface area contributed by atoms with Crippen molar-refractivity contribution in [1.82, 2.24) is 5.32 Å². The highest BCUT2D eigenvalue weighted by atomic mass is 16.5. The first-order valence-electron chi connectivity index (χ1n) is 8.64. The van der Waals surface area contributed by atoms with Crippen LogP contribution in [0.15, 0.2) is 54.6 Å². The van der Waals surface area contributed by atoms with E-state index in [2.05, 4.69) is 10.6 Å². The quantitative estimate of drug-likeness (QED) is 0.664. The number of carboxylic acid groups (broad SMARTS) is 1. The smallest absolute Gasteiger partial charge is 0.305 e. The predicted molar refractivity (Wildman–Crippen MR) is 98.7 cm³/mol. The first-order chi connectivity index (χ1) is 13.0. The highest BCUT2D eigenvalue weighted by molar-refractivity contribution is 6.00. The van der Waals surface area contributed by atoms with Crippen molar-refractivity contribution in [3.63, 3.8) is 0 Å². The molecule has 0 saturated heterocycles. The van der Waals surface area contributed by atoms with Crippen molar-refractivity contribution < 1.29 is 24.2 Å². The van der Waals surface area contributed by atoms with E-state index in [1.165, 1.54) is 0 Å². The fraction of sp³-hybridized carbons (Fsp3) is 0.250. The Morgan fingerprint density at radius 1 is 1.00 bits per heavy atom. The molecule has 2 amide bonds. The van der Waals surface area contributed by atoms with Crippen molar-refractivity contribution in [3.05, 3.63) is 60.2 Å². The molecule has 2 aromatic carbocycles. The molecule has 0 aliphatic heterocycles. The van der Waals surface area contributed by atoms with E-state index in [-0.39, 0.29) is 24.8 Å². The van der Waals surface area contributed by atoms with Crippen LogP contribution in [0.1, 0.15) is 29.6 Å². The van der Waals surface area contributed by atoms with Crippen molar-refractivity contribution in [1.29, 1.82) is 0 Å². The Hall–Kier alpha value is -3.35. The largest absolute Gasteiger partial charge is 0.481 e. The molecule has 1 fully saturated rings. The van der Waals surface area contributed by atoms with Gasteiger partial charge in [0.15, 0.2) is 5.60 Å². The molecule has 1 aliphatic carbocycles. The van der Waals surface area contributed by atoms with Gasteiger partial charge in [0, 0.05) is 30.6 Å². The molecule has 3 rings (SSSR count). The normalized spacial score (nSPS) is 14.1. The van der Waals surface area contributed by atoms with E-state index in [1.54, 1.807) is 24.3 Å². The lowest BCUT2D eigenvalue weighted by atomic mass is 10.2. The van der Waals surface area contributed by atoms with Gasteiger partial charge in [-0.05, 0) is 36.4 Å². The molecule has 0 heterocycles. The molecule has 1 saturated carbocycles. The summed E-state index contributed by atoms with van der Waals surface area (Å²) in [4.78, 5) is 34.9. The third-order valence-corrected chi connectivity index (χ3v) is 4.20. The lowest BCUT2D eigenvalue weighted by Crippen LogP contribution is -2.35. The summed E-state index contributed by atoms with van der Waals surface area (Å²) in [5, 5.41) is 13.9. The highest BCUT2D eigenvalue weighted by Gasteiger charge is 2.53. The number of ether oxygens (including phenoxy) is 1. The maximum atomic E-state index is 12.6. The summed E-state index contributed by atoms with van der Waals surface area (Å²) in [6.07, 6.45) is 1.17. The van der Waals surface area contributed by atoms with Crippen LogP contribution >= 0.6 is 0 Å². The molecular formula is C20H20N2O5. The summed E-state index contributed by atoms with van der Waals surface area (Å²) in [6.45, 7) is 0.0615. The van der Waals surface area contributed by atoms with E-state index in [4.69, 9.17) is 9.84 Å². The number of carboxylic acids is 1. The van der Waals surface area contributed by atoms with Gasteiger partial charge in [0.05, 0.1) is 6.42 Å². The van der Waals surface area contributed by atoms with Gasteiger partial charge in [-0.3, -0.25) is 14.4 Å². The topological polar surface area (TPSA) is 105 Å². The van der Waals surface area contributed by atoms with Crippen LogP contribution in [0.2, 0.25) is 0 Å². The Labute approximate surface area is 156 Å². The molecule has 0 atom stereocenters. The number of carbonyl (C=O) groups is 3. The fourth-order valence-corrected chi connectivity index (χ4v) is 2.54. The number of hydrogen-bond acceptors (Lipinski definition) is 4. The van der Waals surface area contributed by atoms with Gasteiger partial charge >= 0.3 is 5.97 Å². The molecule has 7 nitrogen and oxygen atoms in total. The molecule has 2 aromatic rings. The first kappa shape index (κ1) is 18.4. The second-order valence-electron chi connectivity index (χ2n) is 6.34. The summed E-state index contributed by atoms with van der Waals surface area (Å²) < 4.78 is 5.85. The zero-order valence-corrected chi connectivity index (χ0v) is 14.6. The van der Waals surface area contributed by atoms with Gasteiger partial charge in [0.1, 0.15) is 5.75 Å². The van der Waals surface area contributed by atoms with Gasteiger partial charge in [-0.2, -0.15) is 0 Å². The fourth-order valence-electron chi connectivity index (χ4n) is 2.54. The average Bonchev–Trinajstić information content (AvgIpc) is 3.43. The molecule has 0 aromatic heterocycles. The summed E-state index contributed by atoms with van der Waals surface area (Å²) in [5.74, 6) is -0.899. The number of para-hydroxylation sites is 1. The number of hydrogen-bond donors (Lipinski definition) is 3. The van der Waals surface area contributed by atoms with Crippen molar-refractivity contribution in [2.45, 2.75) is 24.9 Å². The third-order valence-electron chi connectivity index (χ3n) is 4.20. The number of amides is 2. The molecule has 140 valence electrons. The second kappa shape index (κ2) is 7.90. The van der Waals surface area contributed by atoms with Crippen LogP contribution in [0.5, 0.6) is 5.75 Å². The standard InChI is InChI=1S/C20H20N2O5/c23-17(24)10-13-21-18(25)14-6-8-15(9-7-14)22-19(26)20(11-12-20)27-16-4-2-1-3-5-16/h1-9H,10-13H2,(H,21,25)(H,22,26)(H,23,24). The summed E-state index contributed by atoms with van der Waals surface area (Å²) >= 11 is 0. The van der Waals surface area contributed by atoms with Gasteiger partial charge in [-0.15, -0.1) is 0 Å². The van der Waals surface area contributed by atoms with E-state index >= 15 is 0 Å². The van der Waals surface area contributed by atoms with Gasteiger partial charge in [0.2, 0.25) is 0 Å². The lowest BCUT2D eigenvalue weighted by molar-refractivity contribution is -0.136. The van der Waals surface area contributed by atoms with E-state index in [9.17, 15) is 14.4 Å². The summed E-state index contributed by atoms with van der Waals surface area (Å²) in [6, 6.07) is 15.6. The Kier molecular flexibility index (Phi) is 5.40. The van der Waals surface area contributed by atoms with Gasteiger partial charge < -0.3 is 20.5 Å². The van der Waals surface area contributed by atoms with Crippen molar-refractivity contribution in [2.24, 2.45) is 0 Å². The molecule has 0 radical (unpaired) electrons. The van der Waals surface area contributed by atoms with Gasteiger partial charge in [0.25, 0.3) is 11.8 Å². The molecule has 3 N–H and O–H groups in total. The SMILES string of the molecule is O=C(O)CCNC(=O)c1ccc(NC(=O)C2(Oc3ccccc3)CC2)cc1. The van der Waals surface area contributed by atoms with E-state index in [0.29, 0.717) is 29.8 Å². The summed E-state index contributed by atoms with van der Waals surface area (Å²) in [5.41, 5.74) is 0.110. The number of carbonyl (C=O) groups excluding carboxylic acids is 2. The number of benzene rings is 2. The Bertz CT molecular complexity index is 829. The van der Waals surface area contributed by atoms with E-state index in [0.717, 1.165) is 0 Å². The van der Waals surface area contributed by atoms with Crippen LogP contribution in [0.25, 0.3) is 0 Å². The maximum absolute atomic E-state index is 12.6. The predicted octanol–water partition coefficient (Wildman–Crippen LogP) is 2.44. The maximum Gasteiger partial charge on any atom is 0.305 e. The van der Waals surface area contributed by atoms with Crippen molar-refractivity contribution >= 4 is 23.5 Å². The van der Waals surface area contributed by atoms with E-state index < -0.39 is 11.6 Å². The molecule has 1 aliphatic rings. The van der Waals surface area contributed by atoms with Crippen LogP contribution in [-0.2, 0) is 9.59 Å². The number of rotatable bonds is 8. The second-order valence-corrected chi connectivity index (χ2v) is 6.34. The van der Waals surface area contributed by atoms with Crippen molar-refractivity contribution in [2.75, 3.05) is 11.9 Å². The van der Waals surface area contributed by atoms with Gasteiger partial charge in [-0.1, -0.05) is 18.2 Å². The zero-order valence-electron chi connectivity index (χ0n) is 14.6. The molecular weight excluding hydrogens is 348 g/mol. The summed E-state index contributed by atoms with van der Waals surface area (Å²) in [7, 11) is 0. The average molecular weight is 368 g/mol. The van der Waals surface area contributed by atoms with Crippen LogP contribution in [0.3, 0.4) is 0 Å².